The molecule has 0 bridgehead atoms. The number of piperidine rings is 1. The minimum absolute atomic E-state index is 0.0155. The summed E-state index contributed by atoms with van der Waals surface area (Å²) in [6, 6.07) is 8.60. The molecule has 1 aliphatic carbocycles. The first-order valence-electron chi connectivity index (χ1n) is 10.1. The van der Waals surface area contributed by atoms with Gasteiger partial charge in [-0.1, -0.05) is 38.1 Å². The highest BCUT2D eigenvalue weighted by atomic mass is 16.2. The van der Waals surface area contributed by atoms with E-state index in [4.69, 9.17) is 0 Å². The van der Waals surface area contributed by atoms with Crippen molar-refractivity contribution in [2.75, 3.05) is 13.1 Å². The summed E-state index contributed by atoms with van der Waals surface area (Å²) in [7, 11) is 0. The fraction of sp³-hybridized carbons (Fsp3) is 0.636. The molecule has 142 valence electrons. The van der Waals surface area contributed by atoms with Gasteiger partial charge in [-0.3, -0.25) is 9.59 Å². The summed E-state index contributed by atoms with van der Waals surface area (Å²) < 4.78 is 0. The van der Waals surface area contributed by atoms with Crippen LogP contribution in [-0.2, 0) is 16.0 Å². The van der Waals surface area contributed by atoms with E-state index in [0.717, 1.165) is 50.8 Å². The maximum atomic E-state index is 12.6. The first-order valence-corrected chi connectivity index (χ1v) is 10.1. The molecule has 2 amide bonds. The smallest absolute Gasteiger partial charge is 0.225 e. The molecule has 1 aromatic carbocycles. The molecule has 1 atom stereocenters. The van der Waals surface area contributed by atoms with Crippen molar-refractivity contribution in [1.82, 2.24) is 10.2 Å². The van der Waals surface area contributed by atoms with Gasteiger partial charge in [0.2, 0.25) is 11.8 Å². The molecule has 0 radical (unpaired) electrons. The van der Waals surface area contributed by atoms with Crippen LogP contribution in [0, 0.1) is 17.8 Å². The lowest BCUT2D eigenvalue weighted by atomic mass is 9.94. The highest BCUT2D eigenvalue weighted by Crippen LogP contribution is 2.32. The number of nitrogens with zero attached hydrogens (tertiary/aromatic N) is 1. The maximum Gasteiger partial charge on any atom is 0.225 e. The molecule has 2 fully saturated rings. The van der Waals surface area contributed by atoms with E-state index in [9.17, 15) is 9.59 Å². The van der Waals surface area contributed by atoms with Crippen LogP contribution in [0.2, 0.25) is 0 Å². The summed E-state index contributed by atoms with van der Waals surface area (Å²) in [5.41, 5.74) is 2.49. The van der Waals surface area contributed by atoms with Crippen molar-refractivity contribution in [3.05, 3.63) is 35.4 Å². The SMILES string of the molecule is CC(C)Cc1ccc(C(C)NC(=O)C2CCN(C(=O)C3CC3)CC2)cc1. The molecule has 3 rings (SSSR count). The van der Waals surface area contributed by atoms with Crippen LogP contribution in [0.5, 0.6) is 0 Å². The summed E-state index contributed by atoms with van der Waals surface area (Å²) in [6.07, 6.45) is 4.74. The number of carbonyl (C=O) groups excluding carboxylic acids is 2. The second-order valence-electron chi connectivity index (χ2n) is 8.44. The van der Waals surface area contributed by atoms with E-state index in [1.54, 1.807) is 0 Å². The molecule has 0 aromatic heterocycles. The third-order valence-electron chi connectivity index (χ3n) is 5.59. The predicted molar refractivity (Wildman–Crippen MR) is 104 cm³/mol. The Morgan fingerprint density at radius 2 is 1.62 bits per heavy atom. The topological polar surface area (TPSA) is 49.4 Å². The van der Waals surface area contributed by atoms with Crippen LogP contribution < -0.4 is 5.32 Å². The Labute approximate surface area is 157 Å². The highest BCUT2D eigenvalue weighted by Gasteiger charge is 2.36. The Morgan fingerprint density at radius 3 is 2.15 bits per heavy atom. The lowest BCUT2D eigenvalue weighted by molar-refractivity contribution is -0.136. The number of amides is 2. The number of carbonyl (C=O) groups is 2. The summed E-state index contributed by atoms with van der Waals surface area (Å²) in [4.78, 5) is 26.7. The largest absolute Gasteiger partial charge is 0.349 e. The Balaban J connectivity index is 1.47. The van der Waals surface area contributed by atoms with Gasteiger partial charge in [-0.15, -0.1) is 0 Å². The van der Waals surface area contributed by atoms with Crippen molar-refractivity contribution in [2.24, 2.45) is 17.8 Å². The predicted octanol–water partition coefficient (Wildman–Crippen LogP) is 3.71. The van der Waals surface area contributed by atoms with Gasteiger partial charge in [-0.25, -0.2) is 0 Å². The van der Waals surface area contributed by atoms with E-state index < -0.39 is 0 Å². The zero-order valence-electron chi connectivity index (χ0n) is 16.3. The van der Waals surface area contributed by atoms with Gasteiger partial charge in [0, 0.05) is 24.9 Å². The molecule has 1 unspecified atom stereocenters. The van der Waals surface area contributed by atoms with E-state index >= 15 is 0 Å². The second kappa shape index (κ2) is 8.24. The molecule has 0 spiro atoms. The molecule has 2 aliphatic rings. The van der Waals surface area contributed by atoms with Gasteiger partial charge in [-0.2, -0.15) is 0 Å². The molecule has 4 nitrogen and oxygen atoms in total. The van der Waals surface area contributed by atoms with Crippen molar-refractivity contribution < 1.29 is 9.59 Å². The van der Waals surface area contributed by atoms with Gasteiger partial charge in [0.15, 0.2) is 0 Å². The van der Waals surface area contributed by atoms with Crippen molar-refractivity contribution >= 4 is 11.8 Å². The lowest BCUT2D eigenvalue weighted by Gasteiger charge is -2.32. The van der Waals surface area contributed by atoms with Gasteiger partial charge in [-0.05, 0) is 56.1 Å². The molecule has 26 heavy (non-hydrogen) atoms. The molecule has 4 heteroatoms. The normalized spacial score (nSPS) is 19.5. The first kappa shape index (κ1) is 18.9. The van der Waals surface area contributed by atoms with Crippen LogP contribution in [0.3, 0.4) is 0 Å². The van der Waals surface area contributed by atoms with Crippen LogP contribution in [0.15, 0.2) is 24.3 Å². The average Bonchev–Trinajstić information content (AvgIpc) is 3.46. The van der Waals surface area contributed by atoms with E-state index in [1.807, 2.05) is 11.8 Å². The fourth-order valence-corrected chi connectivity index (χ4v) is 3.78. The third-order valence-corrected chi connectivity index (χ3v) is 5.59. The van der Waals surface area contributed by atoms with Crippen LogP contribution in [-0.4, -0.2) is 29.8 Å². The average molecular weight is 357 g/mol. The van der Waals surface area contributed by atoms with E-state index in [2.05, 4.69) is 43.4 Å². The number of nitrogens with one attached hydrogen (secondary N) is 1. The Kier molecular flexibility index (Phi) is 6.00. The van der Waals surface area contributed by atoms with Crippen molar-refractivity contribution in [3.63, 3.8) is 0 Å². The highest BCUT2D eigenvalue weighted by molar-refractivity contribution is 5.82. The molecule has 1 aromatic rings. The monoisotopic (exact) mass is 356 g/mol. The van der Waals surface area contributed by atoms with Gasteiger partial charge in [0.05, 0.1) is 6.04 Å². The molecule has 1 heterocycles. The minimum atomic E-state index is 0.0155. The maximum absolute atomic E-state index is 12.6. The quantitative estimate of drug-likeness (QED) is 0.845. The van der Waals surface area contributed by atoms with Gasteiger partial charge >= 0.3 is 0 Å². The second-order valence-corrected chi connectivity index (χ2v) is 8.44. The van der Waals surface area contributed by atoms with E-state index in [1.165, 1.54) is 5.56 Å². The van der Waals surface area contributed by atoms with Crippen LogP contribution >= 0.6 is 0 Å². The number of likely N-dealkylation sites (tertiary alicyclic amines) is 1. The number of rotatable bonds is 6. The lowest BCUT2D eigenvalue weighted by Crippen LogP contribution is -2.44. The molecule has 1 N–H and O–H groups in total. The standard InChI is InChI=1S/C22H32N2O2/c1-15(2)14-17-4-6-18(7-5-17)16(3)23-21(25)19-10-12-24(13-11-19)22(26)20-8-9-20/h4-7,15-16,19-20H,8-14H2,1-3H3,(H,23,25). The molecule has 1 saturated heterocycles. The van der Waals surface area contributed by atoms with E-state index in [0.29, 0.717) is 11.8 Å². The third kappa shape index (κ3) is 4.87. The Morgan fingerprint density at radius 1 is 1.00 bits per heavy atom. The minimum Gasteiger partial charge on any atom is -0.349 e. The summed E-state index contributed by atoms with van der Waals surface area (Å²) >= 11 is 0. The first-order chi connectivity index (χ1) is 12.4. The van der Waals surface area contributed by atoms with Crippen LogP contribution in [0.25, 0.3) is 0 Å². The molecule has 1 aliphatic heterocycles. The zero-order chi connectivity index (χ0) is 18.7. The molecular formula is C22H32N2O2. The number of benzene rings is 1. The van der Waals surface area contributed by atoms with Crippen molar-refractivity contribution in [2.45, 2.75) is 58.9 Å². The summed E-state index contributed by atoms with van der Waals surface area (Å²) in [5.74, 6) is 1.39. The Bertz CT molecular complexity index is 626. The van der Waals surface area contributed by atoms with Crippen molar-refractivity contribution in [3.8, 4) is 0 Å². The van der Waals surface area contributed by atoms with Crippen LogP contribution in [0.4, 0.5) is 0 Å². The fourth-order valence-electron chi connectivity index (χ4n) is 3.78. The summed E-state index contributed by atoms with van der Waals surface area (Å²) in [5, 5.41) is 3.16. The summed E-state index contributed by atoms with van der Waals surface area (Å²) in [6.45, 7) is 7.94. The van der Waals surface area contributed by atoms with Gasteiger partial charge in [0.25, 0.3) is 0 Å². The Hall–Kier alpha value is -1.84. The van der Waals surface area contributed by atoms with Gasteiger partial charge in [0.1, 0.15) is 0 Å². The molecular weight excluding hydrogens is 324 g/mol. The number of hydrogen-bond acceptors (Lipinski definition) is 2. The van der Waals surface area contributed by atoms with Crippen LogP contribution in [0.1, 0.15) is 63.6 Å². The van der Waals surface area contributed by atoms with Gasteiger partial charge < -0.3 is 10.2 Å². The van der Waals surface area contributed by atoms with E-state index in [-0.39, 0.29) is 23.8 Å². The number of hydrogen-bond donors (Lipinski definition) is 1. The van der Waals surface area contributed by atoms with Crippen molar-refractivity contribution in [1.29, 1.82) is 0 Å². The molecule has 1 saturated carbocycles. The zero-order valence-corrected chi connectivity index (χ0v) is 16.3.